The topological polar surface area (TPSA) is 67.2 Å². The van der Waals surface area contributed by atoms with Crippen LogP contribution in [0.1, 0.15) is 25.0 Å². The van der Waals surface area contributed by atoms with Crippen LogP contribution in [-0.2, 0) is 13.1 Å². The number of benzene rings is 1. The van der Waals surface area contributed by atoms with Crippen molar-refractivity contribution in [2.75, 3.05) is 0 Å². The van der Waals surface area contributed by atoms with Gasteiger partial charge in [0.25, 0.3) is 0 Å². The Bertz CT molecular complexity index is 350. The van der Waals surface area contributed by atoms with E-state index in [1.807, 2.05) is 38.1 Å². The summed E-state index contributed by atoms with van der Waals surface area (Å²) in [4.78, 5) is 11.3. The van der Waals surface area contributed by atoms with E-state index >= 15 is 0 Å². The van der Waals surface area contributed by atoms with E-state index in [0.29, 0.717) is 13.1 Å². The maximum atomic E-state index is 11.3. The molecule has 0 bridgehead atoms. The first-order valence-electron chi connectivity index (χ1n) is 5.44. The molecule has 1 aromatic carbocycles. The molecule has 0 radical (unpaired) electrons. The Morgan fingerprint density at radius 1 is 1.38 bits per heavy atom. The lowest BCUT2D eigenvalue weighted by Crippen LogP contribution is -2.39. The molecule has 0 unspecified atom stereocenters. The van der Waals surface area contributed by atoms with Gasteiger partial charge >= 0.3 is 6.03 Å². The lowest BCUT2D eigenvalue weighted by molar-refractivity contribution is 0.238. The molecule has 1 aromatic rings. The molecule has 2 amide bonds. The van der Waals surface area contributed by atoms with Crippen LogP contribution in [-0.4, -0.2) is 12.1 Å². The minimum atomic E-state index is -0.145. The van der Waals surface area contributed by atoms with Crippen molar-refractivity contribution < 1.29 is 4.79 Å². The van der Waals surface area contributed by atoms with Gasteiger partial charge in [-0.05, 0) is 25.0 Å². The molecule has 0 aromatic heterocycles. The highest BCUT2D eigenvalue weighted by molar-refractivity contribution is 5.74. The van der Waals surface area contributed by atoms with Crippen molar-refractivity contribution in [1.29, 1.82) is 0 Å². The molecule has 88 valence electrons. The smallest absolute Gasteiger partial charge is 0.315 e. The SMILES string of the molecule is CC(C)NC(=O)NCc1cccc(CN)c1. The van der Waals surface area contributed by atoms with E-state index in [1.54, 1.807) is 0 Å². The highest BCUT2D eigenvalue weighted by Gasteiger charge is 2.02. The van der Waals surface area contributed by atoms with Crippen LogP contribution in [0.3, 0.4) is 0 Å². The summed E-state index contributed by atoms with van der Waals surface area (Å²) in [7, 11) is 0. The van der Waals surface area contributed by atoms with Crippen LogP contribution in [0.5, 0.6) is 0 Å². The number of hydrogen-bond acceptors (Lipinski definition) is 2. The maximum Gasteiger partial charge on any atom is 0.315 e. The fraction of sp³-hybridized carbons (Fsp3) is 0.417. The fourth-order valence-electron chi connectivity index (χ4n) is 1.36. The van der Waals surface area contributed by atoms with E-state index in [-0.39, 0.29) is 12.1 Å². The minimum Gasteiger partial charge on any atom is -0.336 e. The van der Waals surface area contributed by atoms with Crippen molar-refractivity contribution in [3.05, 3.63) is 35.4 Å². The Kier molecular flexibility index (Phi) is 4.79. The average Bonchev–Trinajstić information content (AvgIpc) is 2.26. The first-order valence-corrected chi connectivity index (χ1v) is 5.44. The molecular formula is C12H19N3O. The molecule has 4 heteroatoms. The first-order chi connectivity index (χ1) is 7.61. The molecular weight excluding hydrogens is 202 g/mol. The molecule has 0 aliphatic heterocycles. The highest BCUT2D eigenvalue weighted by Crippen LogP contribution is 2.03. The third-order valence-electron chi connectivity index (χ3n) is 2.10. The summed E-state index contributed by atoms with van der Waals surface area (Å²) in [6, 6.07) is 7.88. The van der Waals surface area contributed by atoms with E-state index in [4.69, 9.17) is 5.73 Å². The van der Waals surface area contributed by atoms with Gasteiger partial charge < -0.3 is 16.4 Å². The molecule has 16 heavy (non-hydrogen) atoms. The molecule has 1 rings (SSSR count). The van der Waals surface area contributed by atoms with Crippen molar-refractivity contribution in [3.63, 3.8) is 0 Å². The third kappa shape index (κ3) is 4.31. The molecule has 0 spiro atoms. The lowest BCUT2D eigenvalue weighted by atomic mass is 10.1. The monoisotopic (exact) mass is 221 g/mol. The van der Waals surface area contributed by atoms with Gasteiger partial charge in [-0.2, -0.15) is 0 Å². The number of amides is 2. The van der Waals surface area contributed by atoms with E-state index in [9.17, 15) is 4.79 Å². The molecule has 4 nitrogen and oxygen atoms in total. The fourth-order valence-corrected chi connectivity index (χ4v) is 1.36. The summed E-state index contributed by atoms with van der Waals surface area (Å²) < 4.78 is 0. The predicted molar refractivity (Wildman–Crippen MR) is 64.8 cm³/mol. The van der Waals surface area contributed by atoms with E-state index < -0.39 is 0 Å². The van der Waals surface area contributed by atoms with E-state index in [0.717, 1.165) is 11.1 Å². The second kappa shape index (κ2) is 6.12. The number of carbonyl (C=O) groups excluding carboxylic acids is 1. The maximum absolute atomic E-state index is 11.3. The second-order valence-electron chi connectivity index (χ2n) is 4.01. The molecule has 0 saturated carbocycles. The van der Waals surface area contributed by atoms with Crippen LogP contribution >= 0.6 is 0 Å². The summed E-state index contributed by atoms with van der Waals surface area (Å²) in [5, 5.41) is 5.56. The van der Waals surface area contributed by atoms with Gasteiger partial charge in [0.15, 0.2) is 0 Å². The van der Waals surface area contributed by atoms with Crippen LogP contribution in [0.15, 0.2) is 24.3 Å². The van der Waals surface area contributed by atoms with Gasteiger partial charge in [0.1, 0.15) is 0 Å². The summed E-state index contributed by atoms with van der Waals surface area (Å²) >= 11 is 0. The van der Waals surface area contributed by atoms with Gasteiger partial charge in [-0.3, -0.25) is 0 Å². The predicted octanol–water partition coefficient (Wildman–Crippen LogP) is 1.35. The van der Waals surface area contributed by atoms with Crippen LogP contribution in [0.2, 0.25) is 0 Å². The van der Waals surface area contributed by atoms with Gasteiger partial charge in [-0.1, -0.05) is 24.3 Å². The number of carbonyl (C=O) groups is 1. The van der Waals surface area contributed by atoms with Gasteiger partial charge in [0.05, 0.1) is 0 Å². The van der Waals surface area contributed by atoms with Crippen LogP contribution in [0, 0.1) is 0 Å². The molecule has 0 fully saturated rings. The molecule has 0 atom stereocenters. The first kappa shape index (κ1) is 12.5. The Balaban J connectivity index is 2.45. The molecule has 0 aliphatic rings. The largest absolute Gasteiger partial charge is 0.336 e. The molecule has 0 saturated heterocycles. The van der Waals surface area contributed by atoms with Crippen molar-refractivity contribution >= 4 is 6.03 Å². The summed E-state index contributed by atoms with van der Waals surface area (Å²) in [6.45, 7) is 4.89. The Labute approximate surface area is 96.2 Å². The van der Waals surface area contributed by atoms with Crippen molar-refractivity contribution in [2.45, 2.75) is 33.0 Å². The standard InChI is InChI=1S/C12H19N3O/c1-9(2)15-12(16)14-8-11-5-3-4-10(6-11)7-13/h3-6,9H,7-8,13H2,1-2H3,(H2,14,15,16). The Hall–Kier alpha value is -1.55. The van der Waals surface area contributed by atoms with Crippen molar-refractivity contribution in [3.8, 4) is 0 Å². The van der Waals surface area contributed by atoms with Gasteiger partial charge in [0.2, 0.25) is 0 Å². The third-order valence-corrected chi connectivity index (χ3v) is 2.10. The van der Waals surface area contributed by atoms with E-state index in [2.05, 4.69) is 10.6 Å². The van der Waals surface area contributed by atoms with Crippen LogP contribution < -0.4 is 16.4 Å². The minimum absolute atomic E-state index is 0.145. The zero-order valence-corrected chi connectivity index (χ0v) is 9.79. The number of nitrogens with one attached hydrogen (secondary N) is 2. The van der Waals surface area contributed by atoms with Gasteiger partial charge in [-0.25, -0.2) is 4.79 Å². The zero-order valence-electron chi connectivity index (χ0n) is 9.79. The van der Waals surface area contributed by atoms with Gasteiger partial charge in [0, 0.05) is 19.1 Å². The Morgan fingerprint density at radius 2 is 2.06 bits per heavy atom. The molecule has 4 N–H and O–H groups in total. The van der Waals surface area contributed by atoms with Crippen LogP contribution in [0.4, 0.5) is 4.79 Å². The van der Waals surface area contributed by atoms with Crippen molar-refractivity contribution in [1.82, 2.24) is 10.6 Å². The molecule has 0 heterocycles. The van der Waals surface area contributed by atoms with Crippen LogP contribution in [0.25, 0.3) is 0 Å². The number of rotatable bonds is 4. The van der Waals surface area contributed by atoms with Gasteiger partial charge in [-0.15, -0.1) is 0 Å². The summed E-state index contributed by atoms with van der Waals surface area (Å²) in [5.74, 6) is 0. The highest BCUT2D eigenvalue weighted by atomic mass is 16.2. The summed E-state index contributed by atoms with van der Waals surface area (Å²) in [6.07, 6.45) is 0. The zero-order chi connectivity index (χ0) is 12.0. The van der Waals surface area contributed by atoms with Crippen molar-refractivity contribution in [2.24, 2.45) is 5.73 Å². The molecule has 0 aliphatic carbocycles. The number of nitrogens with two attached hydrogens (primary N) is 1. The number of urea groups is 1. The average molecular weight is 221 g/mol. The summed E-state index contributed by atoms with van der Waals surface area (Å²) in [5.41, 5.74) is 7.67. The Morgan fingerprint density at radius 3 is 2.69 bits per heavy atom. The normalized spacial score (nSPS) is 10.2. The van der Waals surface area contributed by atoms with E-state index in [1.165, 1.54) is 0 Å². The number of hydrogen-bond donors (Lipinski definition) is 3. The lowest BCUT2D eigenvalue weighted by Gasteiger charge is -2.10. The quantitative estimate of drug-likeness (QED) is 0.718. The second-order valence-corrected chi connectivity index (χ2v) is 4.01.